The fraction of sp³-hybridized carbons (Fsp3) is 0. The molecule has 102 heavy (non-hydrogen) atoms. The number of rotatable bonds is 9. The average Bonchev–Trinajstić information content (AvgIpc) is 1.56. The number of pyridine rings is 2. The van der Waals surface area contributed by atoms with Crippen molar-refractivity contribution < 1.29 is 0 Å². The van der Waals surface area contributed by atoms with E-state index in [2.05, 4.69) is 355 Å². The maximum absolute atomic E-state index is 4.97. The van der Waals surface area contributed by atoms with Gasteiger partial charge in [-0.15, -0.1) is 0 Å². The van der Waals surface area contributed by atoms with Gasteiger partial charge in [-0.05, 0) is 157 Å². The van der Waals surface area contributed by atoms with Crippen molar-refractivity contribution in [3.8, 4) is 67.5 Å². The molecule has 8 heterocycles. The third-order valence-corrected chi connectivity index (χ3v) is 21.6. The molecule has 0 aliphatic heterocycles. The quantitative estimate of drug-likeness (QED) is 0.145. The summed E-state index contributed by atoms with van der Waals surface area (Å²) in [7, 11) is 0. The molecule has 0 unspecified atom stereocenters. The van der Waals surface area contributed by atoms with Gasteiger partial charge in [-0.25, -0.2) is 0 Å². The van der Waals surface area contributed by atoms with E-state index >= 15 is 0 Å². The van der Waals surface area contributed by atoms with Crippen LogP contribution >= 0.6 is 0 Å². The molecule has 0 saturated heterocycles. The van der Waals surface area contributed by atoms with Crippen LogP contribution in [0.25, 0.3) is 198 Å². The van der Waals surface area contributed by atoms with E-state index in [1.165, 1.54) is 87.2 Å². The van der Waals surface area contributed by atoms with Crippen molar-refractivity contribution >= 4 is 131 Å². The normalized spacial score (nSPS) is 12.1. The van der Waals surface area contributed by atoms with Crippen LogP contribution in [0.4, 0.5) is 0 Å². The Morgan fingerprint density at radius 2 is 0.373 bits per heavy atom. The van der Waals surface area contributed by atoms with Crippen molar-refractivity contribution in [1.29, 1.82) is 0 Å². The largest absolute Gasteiger partial charge is 0.309 e. The van der Waals surface area contributed by atoms with Gasteiger partial charge in [0.2, 0.25) is 0 Å². The van der Waals surface area contributed by atoms with Crippen molar-refractivity contribution in [2.45, 2.75) is 0 Å². The highest BCUT2D eigenvalue weighted by molar-refractivity contribution is 6.17. The van der Waals surface area contributed by atoms with Crippen molar-refractivity contribution in [2.24, 2.45) is 0 Å². The molecule has 0 spiro atoms. The molecule has 8 nitrogen and oxygen atoms in total. The van der Waals surface area contributed by atoms with Crippen LogP contribution in [0.5, 0.6) is 0 Å². The van der Waals surface area contributed by atoms with Crippen LogP contribution < -0.4 is 0 Å². The van der Waals surface area contributed by atoms with E-state index < -0.39 is 0 Å². The van der Waals surface area contributed by atoms with Gasteiger partial charge in [0.05, 0.1) is 77.6 Å². The van der Waals surface area contributed by atoms with E-state index in [0.717, 1.165) is 111 Å². The van der Waals surface area contributed by atoms with Gasteiger partial charge in [-0.2, -0.15) is 0 Å². The first kappa shape index (κ1) is 56.2. The lowest BCUT2D eigenvalue weighted by atomic mass is 9.90. The van der Waals surface area contributed by atoms with Gasteiger partial charge in [0, 0.05) is 134 Å². The molecule has 0 saturated carbocycles. The Hall–Kier alpha value is -13.8. The fourth-order valence-corrected chi connectivity index (χ4v) is 17.4. The first-order valence-corrected chi connectivity index (χ1v) is 34.9. The van der Waals surface area contributed by atoms with E-state index in [-0.39, 0.29) is 0 Å². The number of fused-ring (bicyclic) bond motifs is 18. The molecule has 0 radical (unpaired) electrons. The van der Waals surface area contributed by atoms with Crippen LogP contribution in [-0.4, -0.2) is 37.4 Å². The first-order chi connectivity index (χ1) is 50.7. The van der Waals surface area contributed by atoms with Gasteiger partial charge in [0.15, 0.2) is 0 Å². The van der Waals surface area contributed by atoms with Gasteiger partial charge in [-0.1, -0.05) is 182 Å². The molecule has 0 aliphatic rings. The third-order valence-electron chi connectivity index (χ3n) is 21.6. The Morgan fingerprint density at radius 3 is 0.627 bits per heavy atom. The minimum atomic E-state index is 0.972. The standard InChI is InChI=1S/C94H58N8/c1-19-39-89(101-91-45-41-59(97-81-31-11-3-23-67(81)68-24-4-12-32-82(68)97)53-75(91)76-54-60(42-46-92(76)101)98-83-33-13-5-25-69(83)70-26-6-14-34-84(70)98)65(21-1)63-49-51-95-57-79(63)80-58-96-52-50-64(80)66-22-2-20-40-90(66)102-93-47-43-61(99-85-35-15-7-27-71(85)72-28-8-16-36-86(72)99)55-77(93)78-56-62(44-48-94(78)102)100-87-37-17-9-29-73(87)74-30-10-18-38-88(74)100/h1-58H. The Morgan fingerprint density at radius 1 is 0.157 bits per heavy atom. The molecule has 0 bridgehead atoms. The monoisotopic (exact) mass is 1300 g/mol. The Bertz CT molecular complexity index is 6300. The summed E-state index contributed by atoms with van der Waals surface area (Å²) in [6.07, 6.45) is 7.93. The van der Waals surface area contributed by atoms with Crippen LogP contribution in [-0.2, 0) is 0 Å². The molecule has 474 valence electrons. The van der Waals surface area contributed by atoms with Gasteiger partial charge in [0.25, 0.3) is 0 Å². The molecule has 8 aromatic heterocycles. The Kier molecular flexibility index (Phi) is 12.0. The van der Waals surface area contributed by atoms with E-state index in [4.69, 9.17) is 9.97 Å². The van der Waals surface area contributed by atoms with Crippen LogP contribution in [0.2, 0.25) is 0 Å². The zero-order valence-corrected chi connectivity index (χ0v) is 55.1. The highest BCUT2D eigenvalue weighted by Gasteiger charge is 2.26. The topological polar surface area (TPSA) is 55.4 Å². The minimum absolute atomic E-state index is 0.972. The second-order valence-corrected chi connectivity index (χ2v) is 26.8. The lowest BCUT2D eigenvalue weighted by molar-refractivity contribution is 1.16. The summed E-state index contributed by atoms with van der Waals surface area (Å²) < 4.78 is 14.7. The number of para-hydroxylation sites is 10. The summed E-state index contributed by atoms with van der Waals surface area (Å²) in [5, 5.41) is 14.5. The van der Waals surface area contributed by atoms with E-state index in [1.807, 2.05) is 24.8 Å². The van der Waals surface area contributed by atoms with E-state index in [9.17, 15) is 0 Å². The molecular weight excluding hydrogens is 1240 g/mol. The maximum Gasteiger partial charge on any atom is 0.0542 e. The van der Waals surface area contributed by atoms with Crippen LogP contribution in [0, 0.1) is 0 Å². The lowest BCUT2D eigenvalue weighted by Crippen LogP contribution is -2.01. The van der Waals surface area contributed by atoms with Crippen molar-refractivity contribution in [3.05, 3.63) is 352 Å². The molecule has 0 N–H and O–H groups in total. The summed E-state index contributed by atoms with van der Waals surface area (Å²) in [5.41, 5.74) is 26.4. The second-order valence-electron chi connectivity index (χ2n) is 26.8. The number of aromatic nitrogens is 8. The maximum atomic E-state index is 4.97. The molecule has 8 heteroatoms. The Labute approximate surface area is 584 Å². The smallest absolute Gasteiger partial charge is 0.0542 e. The number of nitrogens with zero attached hydrogens (tertiary/aromatic N) is 8. The summed E-state index contributed by atoms with van der Waals surface area (Å²) in [4.78, 5) is 9.94. The van der Waals surface area contributed by atoms with Crippen LogP contribution in [0.3, 0.4) is 0 Å². The molecule has 14 aromatic carbocycles. The fourth-order valence-electron chi connectivity index (χ4n) is 17.4. The predicted octanol–water partition coefficient (Wildman–Crippen LogP) is 24.1. The molecule has 0 fully saturated rings. The highest BCUT2D eigenvalue weighted by Crippen LogP contribution is 2.47. The molecule has 22 rings (SSSR count). The molecule has 0 amide bonds. The molecule has 0 aliphatic carbocycles. The summed E-state index contributed by atoms with van der Waals surface area (Å²) >= 11 is 0. The lowest BCUT2D eigenvalue weighted by Gasteiger charge is -2.20. The molecule has 0 atom stereocenters. The Balaban J connectivity index is 0.738. The number of hydrogen-bond donors (Lipinski definition) is 0. The van der Waals surface area contributed by atoms with Crippen molar-refractivity contribution in [3.63, 3.8) is 0 Å². The summed E-state index contributed by atoms with van der Waals surface area (Å²) in [5.74, 6) is 0. The number of benzene rings is 14. The molecule has 22 aromatic rings. The second kappa shape index (κ2) is 21.8. The minimum Gasteiger partial charge on any atom is -0.309 e. The van der Waals surface area contributed by atoms with Crippen molar-refractivity contribution in [1.82, 2.24) is 37.4 Å². The summed E-state index contributed by atoms with van der Waals surface area (Å²) in [6.45, 7) is 0. The zero-order chi connectivity index (χ0) is 66.7. The summed E-state index contributed by atoms with van der Waals surface area (Å²) in [6, 6.07) is 121. The number of hydrogen-bond acceptors (Lipinski definition) is 2. The average molecular weight is 1300 g/mol. The van der Waals surface area contributed by atoms with E-state index in [0.29, 0.717) is 0 Å². The van der Waals surface area contributed by atoms with Crippen molar-refractivity contribution in [2.75, 3.05) is 0 Å². The van der Waals surface area contributed by atoms with Gasteiger partial charge in [0.1, 0.15) is 0 Å². The SMILES string of the molecule is c1ccc(-n2c3ccc(-n4c5ccccc5c5ccccc54)cc3c3cc(-n4c5ccccc5c5ccccc54)ccc32)c(-c2ccncc2-c2cnccc2-c2ccccc2-n2c3ccc(-n4c5ccccc5c5ccccc54)cc3c3cc(-n4c5ccccc5c5ccccc54)ccc32)c1. The van der Waals surface area contributed by atoms with Gasteiger partial charge < -0.3 is 27.4 Å². The van der Waals surface area contributed by atoms with Crippen LogP contribution in [0.1, 0.15) is 0 Å². The highest BCUT2D eigenvalue weighted by atomic mass is 15.0. The first-order valence-electron chi connectivity index (χ1n) is 34.9. The van der Waals surface area contributed by atoms with Crippen LogP contribution in [0.15, 0.2) is 352 Å². The predicted molar refractivity (Wildman–Crippen MR) is 424 cm³/mol. The van der Waals surface area contributed by atoms with Gasteiger partial charge >= 0.3 is 0 Å². The zero-order valence-electron chi connectivity index (χ0n) is 55.1. The van der Waals surface area contributed by atoms with Gasteiger partial charge in [-0.3, -0.25) is 9.97 Å². The molecular formula is C94H58N8. The third kappa shape index (κ3) is 8.08. The van der Waals surface area contributed by atoms with E-state index in [1.54, 1.807) is 0 Å².